The van der Waals surface area contributed by atoms with Gasteiger partial charge in [-0.05, 0) is 36.5 Å². The van der Waals surface area contributed by atoms with Gasteiger partial charge in [0, 0.05) is 5.56 Å². The van der Waals surface area contributed by atoms with E-state index >= 15 is 0 Å². The van der Waals surface area contributed by atoms with Gasteiger partial charge in [0.2, 0.25) is 0 Å². The zero-order chi connectivity index (χ0) is 19.2. The Labute approximate surface area is 159 Å². The summed E-state index contributed by atoms with van der Waals surface area (Å²) in [6.07, 6.45) is 1.05. The molecule has 0 radical (unpaired) electrons. The van der Waals surface area contributed by atoms with E-state index < -0.39 is 0 Å². The Morgan fingerprint density at radius 2 is 1.81 bits per heavy atom. The van der Waals surface area contributed by atoms with Crippen molar-refractivity contribution >= 4 is 11.6 Å². The van der Waals surface area contributed by atoms with E-state index in [9.17, 15) is 4.79 Å². The molecule has 1 heterocycles. The zero-order valence-electron chi connectivity index (χ0n) is 15.9. The Morgan fingerprint density at radius 1 is 1.11 bits per heavy atom. The van der Waals surface area contributed by atoms with Gasteiger partial charge in [-0.25, -0.2) is 5.43 Å². The average Bonchev–Trinajstić information content (AvgIpc) is 3.17. The van der Waals surface area contributed by atoms with E-state index in [4.69, 9.17) is 0 Å². The van der Waals surface area contributed by atoms with Crippen LogP contribution in [0.3, 0.4) is 0 Å². The quantitative estimate of drug-likeness (QED) is 0.504. The summed E-state index contributed by atoms with van der Waals surface area (Å²) < 4.78 is 0. The molecule has 1 amide bonds. The maximum absolute atomic E-state index is 12.3. The predicted octanol–water partition coefficient (Wildman–Crippen LogP) is 4.43. The molecule has 3 rings (SSSR count). The third-order valence-corrected chi connectivity index (χ3v) is 4.23. The fourth-order valence-electron chi connectivity index (χ4n) is 2.81. The molecule has 0 spiro atoms. The first-order valence-electron chi connectivity index (χ1n) is 9.07. The summed E-state index contributed by atoms with van der Waals surface area (Å²) in [7, 11) is 0. The lowest BCUT2D eigenvalue weighted by molar-refractivity contribution is 0.0950. The van der Waals surface area contributed by atoms with Crippen LogP contribution in [0.1, 0.15) is 42.4 Å². The molecule has 0 saturated heterocycles. The van der Waals surface area contributed by atoms with Gasteiger partial charge in [0.05, 0.1) is 11.4 Å². The molecule has 0 saturated carbocycles. The number of nitrogens with zero attached hydrogens (tertiary/aromatic N) is 2. The van der Waals surface area contributed by atoms with Gasteiger partial charge in [0.1, 0.15) is 5.69 Å². The molecule has 0 fully saturated rings. The number of hydrogen-bond acceptors (Lipinski definition) is 3. The number of H-pyrrole nitrogens is 1. The molecule has 0 aliphatic carbocycles. The van der Waals surface area contributed by atoms with Crippen LogP contribution in [0.5, 0.6) is 0 Å². The van der Waals surface area contributed by atoms with Gasteiger partial charge in [-0.3, -0.25) is 9.89 Å². The Balaban J connectivity index is 1.67. The number of benzene rings is 2. The normalized spacial score (nSPS) is 11.6. The second-order valence-electron chi connectivity index (χ2n) is 6.97. The second-order valence-corrected chi connectivity index (χ2v) is 6.97. The zero-order valence-corrected chi connectivity index (χ0v) is 15.9. The molecule has 0 aliphatic rings. The fraction of sp³-hybridized carbons (Fsp3) is 0.227. The van der Waals surface area contributed by atoms with Crippen molar-refractivity contribution in [1.29, 1.82) is 0 Å². The SMILES string of the molecule is CC(=NNC(=O)c1cc(-c2ccc(CC(C)C)cc2)n[nH]1)c1ccccc1. The standard InChI is InChI=1S/C22H24N4O/c1-15(2)13-17-9-11-19(12-10-17)20-14-21(25-24-20)22(27)26-23-16(3)18-7-5-4-6-8-18/h4-12,14-15H,13H2,1-3H3,(H,24,25)(H,26,27). The molecule has 2 N–H and O–H groups in total. The van der Waals surface area contributed by atoms with Crippen LogP contribution in [0.2, 0.25) is 0 Å². The molecule has 138 valence electrons. The Morgan fingerprint density at radius 3 is 2.48 bits per heavy atom. The molecule has 27 heavy (non-hydrogen) atoms. The number of aromatic nitrogens is 2. The second kappa shape index (κ2) is 8.45. The predicted molar refractivity (Wildman–Crippen MR) is 109 cm³/mol. The van der Waals surface area contributed by atoms with Crippen LogP contribution >= 0.6 is 0 Å². The van der Waals surface area contributed by atoms with Crippen molar-refractivity contribution < 1.29 is 4.79 Å². The maximum atomic E-state index is 12.3. The van der Waals surface area contributed by atoms with Crippen LogP contribution in [0, 0.1) is 5.92 Å². The molecule has 0 unspecified atom stereocenters. The largest absolute Gasteiger partial charge is 0.289 e. The monoisotopic (exact) mass is 360 g/mol. The first kappa shape index (κ1) is 18.6. The number of carbonyl (C=O) groups is 1. The van der Waals surface area contributed by atoms with E-state index in [0.29, 0.717) is 11.6 Å². The topological polar surface area (TPSA) is 70.1 Å². The lowest BCUT2D eigenvalue weighted by atomic mass is 10.0. The fourth-order valence-corrected chi connectivity index (χ4v) is 2.81. The molecule has 0 aliphatic heterocycles. The highest BCUT2D eigenvalue weighted by Gasteiger charge is 2.11. The molecular weight excluding hydrogens is 336 g/mol. The summed E-state index contributed by atoms with van der Waals surface area (Å²) in [5.41, 5.74) is 7.66. The summed E-state index contributed by atoms with van der Waals surface area (Å²) in [5.74, 6) is 0.303. The average molecular weight is 360 g/mol. The summed E-state index contributed by atoms with van der Waals surface area (Å²) in [5, 5.41) is 11.2. The number of hydrazone groups is 1. The van der Waals surface area contributed by atoms with Crippen molar-refractivity contribution in [2.45, 2.75) is 27.2 Å². The third kappa shape index (κ3) is 4.91. The number of nitrogens with one attached hydrogen (secondary N) is 2. The van der Waals surface area contributed by atoms with Gasteiger partial charge in [-0.15, -0.1) is 0 Å². The summed E-state index contributed by atoms with van der Waals surface area (Å²) in [6.45, 7) is 6.26. The number of aromatic amines is 1. The lowest BCUT2D eigenvalue weighted by Crippen LogP contribution is -2.19. The smallest absolute Gasteiger partial charge is 0.272 e. The van der Waals surface area contributed by atoms with Crippen molar-refractivity contribution in [3.05, 3.63) is 77.5 Å². The molecular formula is C22H24N4O. The summed E-state index contributed by atoms with van der Waals surface area (Å²) in [6, 6.07) is 19.7. The van der Waals surface area contributed by atoms with Gasteiger partial charge in [-0.2, -0.15) is 10.2 Å². The number of rotatable bonds is 6. The molecule has 3 aromatic rings. The summed E-state index contributed by atoms with van der Waals surface area (Å²) in [4.78, 5) is 12.3. The lowest BCUT2D eigenvalue weighted by Gasteiger charge is -2.05. The van der Waals surface area contributed by atoms with Crippen molar-refractivity contribution in [1.82, 2.24) is 15.6 Å². The highest BCUT2D eigenvalue weighted by molar-refractivity contribution is 6.00. The van der Waals surface area contributed by atoms with Crippen molar-refractivity contribution in [2.75, 3.05) is 0 Å². The van der Waals surface area contributed by atoms with E-state index in [1.54, 1.807) is 6.07 Å². The van der Waals surface area contributed by atoms with Gasteiger partial charge < -0.3 is 0 Å². The number of hydrogen-bond donors (Lipinski definition) is 2. The minimum atomic E-state index is -0.319. The molecule has 1 aromatic heterocycles. The number of amides is 1. The van der Waals surface area contributed by atoms with Crippen LogP contribution in [0.4, 0.5) is 0 Å². The minimum Gasteiger partial charge on any atom is -0.272 e. The first-order valence-corrected chi connectivity index (χ1v) is 9.07. The molecule has 0 bridgehead atoms. The van der Waals surface area contributed by atoms with Gasteiger partial charge >= 0.3 is 0 Å². The van der Waals surface area contributed by atoms with E-state index in [2.05, 4.69) is 46.7 Å². The van der Waals surface area contributed by atoms with Crippen molar-refractivity contribution in [3.63, 3.8) is 0 Å². The van der Waals surface area contributed by atoms with Crippen molar-refractivity contribution in [3.8, 4) is 11.3 Å². The van der Waals surface area contributed by atoms with E-state index in [0.717, 1.165) is 29.0 Å². The van der Waals surface area contributed by atoms with Gasteiger partial charge in [0.15, 0.2) is 0 Å². The van der Waals surface area contributed by atoms with Crippen molar-refractivity contribution in [2.24, 2.45) is 11.0 Å². The molecule has 0 atom stereocenters. The first-order chi connectivity index (χ1) is 13.0. The van der Waals surface area contributed by atoms with E-state index in [-0.39, 0.29) is 5.91 Å². The Bertz CT molecular complexity index is 924. The highest BCUT2D eigenvalue weighted by atomic mass is 16.2. The highest BCUT2D eigenvalue weighted by Crippen LogP contribution is 2.19. The molecule has 5 heteroatoms. The Hall–Kier alpha value is -3.21. The third-order valence-electron chi connectivity index (χ3n) is 4.23. The van der Waals surface area contributed by atoms with E-state index in [1.807, 2.05) is 49.4 Å². The van der Waals surface area contributed by atoms with Crippen LogP contribution < -0.4 is 5.43 Å². The van der Waals surface area contributed by atoms with Gasteiger partial charge in [-0.1, -0.05) is 68.4 Å². The summed E-state index contributed by atoms with van der Waals surface area (Å²) >= 11 is 0. The number of carbonyl (C=O) groups excluding carboxylic acids is 1. The van der Waals surface area contributed by atoms with Gasteiger partial charge in [0.25, 0.3) is 5.91 Å². The van der Waals surface area contributed by atoms with E-state index in [1.165, 1.54) is 5.56 Å². The van der Waals surface area contributed by atoms with Crippen LogP contribution in [0.15, 0.2) is 65.8 Å². The Kier molecular flexibility index (Phi) is 5.81. The minimum absolute atomic E-state index is 0.319. The molecule has 5 nitrogen and oxygen atoms in total. The van der Waals surface area contributed by atoms with Crippen LogP contribution in [-0.4, -0.2) is 21.8 Å². The molecule has 2 aromatic carbocycles. The van der Waals surface area contributed by atoms with Crippen LogP contribution in [0.25, 0.3) is 11.3 Å². The van der Waals surface area contributed by atoms with Crippen LogP contribution in [-0.2, 0) is 6.42 Å². The maximum Gasteiger partial charge on any atom is 0.289 e.